The molecule has 18 heavy (non-hydrogen) atoms. The Morgan fingerprint density at radius 3 is 2.61 bits per heavy atom. The van der Waals surface area contributed by atoms with E-state index < -0.39 is 5.97 Å². The van der Waals surface area contributed by atoms with E-state index in [0.29, 0.717) is 18.4 Å². The molecule has 0 heterocycles. The van der Waals surface area contributed by atoms with Crippen LogP contribution in [0.15, 0.2) is 24.3 Å². The Morgan fingerprint density at radius 1 is 1.28 bits per heavy atom. The van der Waals surface area contributed by atoms with Gasteiger partial charge in [0.05, 0.1) is 5.92 Å². The second kappa shape index (κ2) is 5.21. The largest absolute Gasteiger partial charge is 0.481 e. The predicted octanol–water partition coefficient (Wildman–Crippen LogP) is 1.98. The van der Waals surface area contributed by atoms with Gasteiger partial charge in [-0.15, -0.1) is 0 Å². The molecule has 0 radical (unpaired) electrons. The SMILES string of the molecule is Cc1ccccc1C(=O)N[C@@H]1CC[C@H](C(=O)O)C1. The van der Waals surface area contributed by atoms with Crippen LogP contribution in [0.25, 0.3) is 0 Å². The van der Waals surface area contributed by atoms with Crippen molar-refractivity contribution < 1.29 is 14.7 Å². The molecule has 4 nitrogen and oxygen atoms in total. The summed E-state index contributed by atoms with van der Waals surface area (Å²) in [6.07, 6.45) is 1.93. The zero-order valence-electron chi connectivity index (χ0n) is 10.3. The predicted molar refractivity (Wildman–Crippen MR) is 67.4 cm³/mol. The second-order valence-electron chi connectivity index (χ2n) is 4.83. The van der Waals surface area contributed by atoms with E-state index in [-0.39, 0.29) is 17.9 Å². The molecule has 0 unspecified atom stereocenters. The Morgan fingerprint density at radius 2 is 2.00 bits per heavy atom. The number of amides is 1. The highest BCUT2D eigenvalue weighted by atomic mass is 16.4. The van der Waals surface area contributed by atoms with Crippen LogP contribution >= 0.6 is 0 Å². The molecule has 1 amide bonds. The van der Waals surface area contributed by atoms with Crippen LogP contribution in [0.1, 0.15) is 35.2 Å². The van der Waals surface area contributed by atoms with Gasteiger partial charge in [0.25, 0.3) is 5.91 Å². The van der Waals surface area contributed by atoms with Crippen LogP contribution in [0.2, 0.25) is 0 Å². The monoisotopic (exact) mass is 247 g/mol. The van der Waals surface area contributed by atoms with Gasteiger partial charge in [-0.2, -0.15) is 0 Å². The summed E-state index contributed by atoms with van der Waals surface area (Å²) < 4.78 is 0. The maximum Gasteiger partial charge on any atom is 0.306 e. The Hall–Kier alpha value is -1.84. The summed E-state index contributed by atoms with van der Waals surface area (Å²) in [6.45, 7) is 1.89. The molecule has 0 aromatic heterocycles. The molecule has 2 atom stereocenters. The molecule has 0 saturated heterocycles. The third kappa shape index (κ3) is 2.70. The average molecular weight is 247 g/mol. The number of aryl methyl sites for hydroxylation is 1. The summed E-state index contributed by atoms with van der Waals surface area (Å²) in [6, 6.07) is 7.38. The first kappa shape index (κ1) is 12.6. The zero-order valence-corrected chi connectivity index (χ0v) is 10.3. The van der Waals surface area contributed by atoms with Gasteiger partial charge in [-0.1, -0.05) is 18.2 Å². The Bertz CT molecular complexity index is 470. The molecule has 0 spiro atoms. The molecule has 1 aliphatic carbocycles. The highest BCUT2D eigenvalue weighted by Gasteiger charge is 2.30. The Balaban J connectivity index is 1.97. The van der Waals surface area contributed by atoms with Crippen LogP contribution in [-0.2, 0) is 4.79 Å². The number of carboxylic acids is 1. The van der Waals surface area contributed by atoms with Crippen LogP contribution in [0.4, 0.5) is 0 Å². The lowest BCUT2D eigenvalue weighted by atomic mass is 10.1. The van der Waals surface area contributed by atoms with Gasteiger partial charge in [0.2, 0.25) is 0 Å². The molecule has 0 bridgehead atoms. The third-order valence-electron chi connectivity index (χ3n) is 3.51. The van der Waals surface area contributed by atoms with Crippen LogP contribution < -0.4 is 5.32 Å². The molecular formula is C14H17NO3. The van der Waals surface area contributed by atoms with Crippen molar-refractivity contribution in [3.05, 3.63) is 35.4 Å². The van der Waals surface area contributed by atoms with Gasteiger partial charge in [0, 0.05) is 11.6 Å². The minimum atomic E-state index is -0.761. The normalized spacial score (nSPS) is 22.7. The number of carbonyl (C=O) groups is 2. The fourth-order valence-electron chi connectivity index (χ4n) is 2.43. The van der Waals surface area contributed by atoms with Gasteiger partial charge in [-0.3, -0.25) is 9.59 Å². The summed E-state index contributed by atoms with van der Waals surface area (Å²) in [4.78, 5) is 22.9. The summed E-state index contributed by atoms with van der Waals surface area (Å²) in [7, 11) is 0. The van der Waals surface area contributed by atoms with Crippen molar-refractivity contribution >= 4 is 11.9 Å². The molecule has 4 heteroatoms. The van der Waals surface area contributed by atoms with E-state index in [2.05, 4.69) is 5.32 Å². The number of carboxylic acid groups (broad SMARTS) is 1. The molecule has 0 aliphatic heterocycles. The quantitative estimate of drug-likeness (QED) is 0.858. The van der Waals surface area contributed by atoms with Crippen molar-refractivity contribution in [1.29, 1.82) is 0 Å². The highest BCUT2D eigenvalue weighted by molar-refractivity contribution is 5.95. The summed E-state index contributed by atoms with van der Waals surface area (Å²) in [5, 5.41) is 11.8. The van der Waals surface area contributed by atoms with Crippen molar-refractivity contribution in [2.75, 3.05) is 0 Å². The Labute approximate surface area is 106 Å². The van der Waals surface area contributed by atoms with E-state index in [1.165, 1.54) is 0 Å². The van der Waals surface area contributed by atoms with Gasteiger partial charge in [-0.25, -0.2) is 0 Å². The first-order valence-corrected chi connectivity index (χ1v) is 6.17. The fourth-order valence-corrected chi connectivity index (χ4v) is 2.43. The van der Waals surface area contributed by atoms with E-state index in [4.69, 9.17) is 5.11 Å². The number of aliphatic carboxylic acids is 1. The molecule has 2 N–H and O–H groups in total. The molecule has 1 aromatic rings. The van der Waals surface area contributed by atoms with Crippen LogP contribution in [0.3, 0.4) is 0 Å². The maximum atomic E-state index is 12.0. The molecule has 96 valence electrons. The molecular weight excluding hydrogens is 230 g/mol. The second-order valence-corrected chi connectivity index (χ2v) is 4.83. The first-order valence-electron chi connectivity index (χ1n) is 6.17. The molecule has 1 aliphatic rings. The standard InChI is InChI=1S/C14H17NO3/c1-9-4-2-3-5-12(9)13(16)15-11-7-6-10(8-11)14(17)18/h2-5,10-11H,6-8H2,1H3,(H,15,16)(H,17,18)/t10-,11+/m0/s1. The molecule has 1 saturated carbocycles. The number of carbonyl (C=O) groups excluding carboxylic acids is 1. The lowest BCUT2D eigenvalue weighted by Gasteiger charge is -2.13. The smallest absolute Gasteiger partial charge is 0.306 e. The van der Waals surface area contributed by atoms with Gasteiger partial charge >= 0.3 is 5.97 Å². The van der Waals surface area contributed by atoms with Gasteiger partial charge in [-0.05, 0) is 37.8 Å². The topological polar surface area (TPSA) is 66.4 Å². The molecule has 2 rings (SSSR count). The zero-order chi connectivity index (χ0) is 13.1. The van der Waals surface area contributed by atoms with E-state index in [1.54, 1.807) is 6.07 Å². The van der Waals surface area contributed by atoms with Crippen molar-refractivity contribution in [3.8, 4) is 0 Å². The number of hydrogen-bond donors (Lipinski definition) is 2. The van der Waals surface area contributed by atoms with Crippen LogP contribution in [-0.4, -0.2) is 23.0 Å². The van der Waals surface area contributed by atoms with Crippen molar-refractivity contribution in [1.82, 2.24) is 5.32 Å². The molecule has 1 aromatic carbocycles. The van der Waals surface area contributed by atoms with Gasteiger partial charge < -0.3 is 10.4 Å². The maximum absolute atomic E-state index is 12.0. The minimum absolute atomic E-state index is 0.0155. The summed E-state index contributed by atoms with van der Waals surface area (Å²) in [5.41, 5.74) is 1.60. The average Bonchev–Trinajstić information content (AvgIpc) is 2.78. The fraction of sp³-hybridized carbons (Fsp3) is 0.429. The minimum Gasteiger partial charge on any atom is -0.481 e. The van der Waals surface area contributed by atoms with E-state index in [1.807, 2.05) is 25.1 Å². The van der Waals surface area contributed by atoms with Crippen LogP contribution in [0.5, 0.6) is 0 Å². The number of nitrogens with one attached hydrogen (secondary N) is 1. The van der Waals surface area contributed by atoms with E-state index >= 15 is 0 Å². The van der Waals surface area contributed by atoms with Crippen molar-refractivity contribution in [3.63, 3.8) is 0 Å². The lowest BCUT2D eigenvalue weighted by molar-refractivity contribution is -0.141. The highest BCUT2D eigenvalue weighted by Crippen LogP contribution is 2.26. The van der Waals surface area contributed by atoms with Gasteiger partial charge in [0.15, 0.2) is 0 Å². The summed E-state index contributed by atoms with van der Waals surface area (Å²) >= 11 is 0. The van der Waals surface area contributed by atoms with E-state index in [0.717, 1.165) is 12.0 Å². The van der Waals surface area contributed by atoms with Crippen molar-refractivity contribution in [2.24, 2.45) is 5.92 Å². The van der Waals surface area contributed by atoms with Crippen LogP contribution in [0, 0.1) is 12.8 Å². The first-order chi connectivity index (χ1) is 8.58. The number of rotatable bonds is 3. The summed E-state index contributed by atoms with van der Waals surface area (Å²) in [5.74, 6) is -1.18. The lowest BCUT2D eigenvalue weighted by Crippen LogP contribution is -2.33. The third-order valence-corrected chi connectivity index (χ3v) is 3.51. The number of benzene rings is 1. The molecule has 1 fully saturated rings. The van der Waals surface area contributed by atoms with Crippen molar-refractivity contribution in [2.45, 2.75) is 32.2 Å². The van der Waals surface area contributed by atoms with E-state index in [9.17, 15) is 9.59 Å². The Kier molecular flexibility index (Phi) is 3.65. The van der Waals surface area contributed by atoms with Gasteiger partial charge in [0.1, 0.15) is 0 Å². The number of hydrogen-bond acceptors (Lipinski definition) is 2.